The van der Waals surface area contributed by atoms with E-state index < -0.39 is 0 Å². The molecule has 1 aromatic carbocycles. The van der Waals surface area contributed by atoms with Crippen molar-refractivity contribution in [3.05, 3.63) is 54.2 Å². The van der Waals surface area contributed by atoms with Crippen molar-refractivity contribution in [2.24, 2.45) is 10.2 Å². The lowest BCUT2D eigenvalue weighted by Crippen LogP contribution is -1.95. The fourth-order valence-electron chi connectivity index (χ4n) is 2.23. The van der Waals surface area contributed by atoms with E-state index in [1.807, 2.05) is 41.8 Å². The number of nitrogen functional groups attached to an aromatic ring is 1. The second kappa shape index (κ2) is 5.58. The van der Waals surface area contributed by atoms with E-state index in [1.54, 1.807) is 16.9 Å². The zero-order valence-electron chi connectivity index (χ0n) is 11.9. The Labute approximate surface area is 135 Å². The largest absolute Gasteiger partial charge is 0.380 e. The maximum atomic E-state index is 6.00. The van der Waals surface area contributed by atoms with Crippen LogP contribution in [-0.2, 0) is 0 Å². The molecule has 0 saturated carbocycles. The molecule has 0 unspecified atom stereocenters. The molecule has 4 aromatic rings. The van der Waals surface area contributed by atoms with Gasteiger partial charge < -0.3 is 5.73 Å². The van der Waals surface area contributed by atoms with Gasteiger partial charge in [-0.3, -0.25) is 0 Å². The first-order valence-electron chi connectivity index (χ1n) is 6.83. The Hall–Kier alpha value is -3.13. The van der Waals surface area contributed by atoms with Gasteiger partial charge in [-0.05, 0) is 6.07 Å². The molecule has 8 heteroatoms. The van der Waals surface area contributed by atoms with Crippen LogP contribution in [0, 0.1) is 0 Å². The van der Waals surface area contributed by atoms with Crippen LogP contribution in [0.3, 0.4) is 0 Å². The predicted molar refractivity (Wildman–Crippen MR) is 89.1 cm³/mol. The number of fused-ring (bicyclic) bond motifs is 1. The van der Waals surface area contributed by atoms with Crippen LogP contribution in [0.5, 0.6) is 0 Å². The Balaban J connectivity index is 1.86. The molecule has 0 atom stereocenters. The molecule has 0 radical (unpaired) electrons. The van der Waals surface area contributed by atoms with Gasteiger partial charge in [0.25, 0.3) is 0 Å². The molecule has 0 saturated heterocycles. The van der Waals surface area contributed by atoms with Gasteiger partial charge in [0, 0.05) is 23.3 Å². The van der Waals surface area contributed by atoms with Crippen LogP contribution in [0.25, 0.3) is 16.9 Å². The second-order valence-corrected chi connectivity index (χ2v) is 5.55. The van der Waals surface area contributed by atoms with Gasteiger partial charge in [-0.2, -0.15) is 0 Å². The summed E-state index contributed by atoms with van der Waals surface area (Å²) in [4.78, 5) is 8.40. The highest BCUT2D eigenvalue weighted by Gasteiger charge is 2.14. The van der Waals surface area contributed by atoms with Gasteiger partial charge in [0.15, 0.2) is 17.2 Å². The van der Waals surface area contributed by atoms with Gasteiger partial charge in [-0.25, -0.2) is 14.5 Å². The number of hydrogen-bond acceptors (Lipinski definition) is 7. The Morgan fingerprint density at radius 1 is 1.00 bits per heavy atom. The highest BCUT2D eigenvalue weighted by Crippen LogP contribution is 2.31. The van der Waals surface area contributed by atoms with Crippen molar-refractivity contribution in [1.29, 1.82) is 0 Å². The van der Waals surface area contributed by atoms with Gasteiger partial charge in [-0.1, -0.05) is 30.3 Å². The van der Waals surface area contributed by atoms with Crippen LogP contribution >= 0.6 is 11.3 Å². The third kappa shape index (κ3) is 2.44. The van der Waals surface area contributed by atoms with Crippen molar-refractivity contribution in [1.82, 2.24) is 19.6 Å². The van der Waals surface area contributed by atoms with E-state index in [9.17, 15) is 0 Å². The molecule has 4 rings (SSSR count). The number of aromatic nitrogens is 4. The molecule has 0 spiro atoms. The minimum absolute atomic E-state index is 0.279. The summed E-state index contributed by atoms with van der Waals surface area (Å²) in [5.74, 6) is 0.279. The normalized spacial score (nSPS) is 11.5. The number of benzene rings is 1. The predicted octanol–water partition coefficient (Wildman–Crippen LogP) is 3.85. The number of rotatable bonds is 3. The summed E-state index contributed by atoms with van der Waals surface area (Å²) in [6.45, 7) is 0. The molecular weight excluding hydrogens is 310 g/mol. The van der Waals surface area contributed by atoms with Crippen LogP contribution in [0.4, 0.5) is 16.6 Å². The highest BCUT2D eigenvalue weighted by atomic mass is 32.1. The Morgan fingerprint density at radius 3 is 2.65 bits per heavy atom. The molecule has 0 aliphatic rings. The molecule has 7 nitrogen and oxygen atoms in total. The summed E-state index contributed by atoms with van der Waals surface area (Å²) < 4.78 is 1.68. The van der Waals surface area contributed by atoms with E-state index in [0.717, 1.165) is 11.3 Å². The summed E-state index contributed by atoms with van der Waals surface area (Å²) in [5, 5.41) is 15.0. The van der Waals surface area contributed by atoms with Crippen LogP contribution in [0.1, 0.15) is 0 Å². The third-order valence-corrected chi connectivity index (χ3v) is 3.90. The molecule has 2 N–H and O–H groups in total. The lowest BCUT2D eigenvalue weighted by Gasteiger charge is -2.03. The van der Waals surface area contributed by atoms with E-state index in [0.29, 0.717) is 16.5 Å². The highest BCUT2D eigenvalue weighted by molar-refractivity contribution is 7.13. The molecule has 0 amide bonds. The fraction of sp³-hybridized carbons (Fsp3) is 0. The van der Waals surface area contributed by atoms with Crippen LogP contribution in [0.2, 0.25) is 0 Å². The summed E-state index contributed by atoms with van der Waals surface area (Å²) in [5.41, 5.74) is 8.91. The lowest BCUT2D eigenvalue weighted by molar-refractivity contribution is 0.953. The molecule has 112 valence electrons. The van der Waals surface area contributed by atoms with Gasteiger partial charge in [0.2, 0.25) is 5.13 Å². The number of nitrogens with zero attached hydrogens (tertiary/aromatic N) is 6. The van der Waals surface area contributed by atoms with Crippen molar-refractivity contribution in [3.8, 4) is 11.3 Å². The Kier molecular flexibility index (Phi) is 3.28. The van der Waals surface area contributed by atoms with Gasteiger partial charge in [-0.15, -0.1) is 26.7 Å². The summed E-state index contributed by atoms with van der Waals surface area (Å²) in [6, 6.07) is 11.8. The topological polar surface area (TPSA) is 93.8 Å². The van der Waals surface area contributed by atoms with Crippen LogP contribution in [0.15, 0.2) is 64.4 Å². The average Bonchev–Trinajstić information content (AvgIpc) is 3.20. The van der Waals surface area contributed by atoms with E-state index >= 15 is 0 Å². The van der Waals surface area contributed by atoms with E-state index in [1.165, 1.54) is 11.3 Å². The quantitative estimate of drug-likeness (QED) is 0.580. The molecular formula is C15H11N7S. The van der Waals surface area contributed by atoms with Crippen molar-refractivity contribution in [3.63, 3.8) is 0 Å². The number of thiazole rings is 1. The molecule has 3 heterocycles. The number of azo groups is 1. The first-order chi connectivity index (χ1) is 11.3. The smallest absolute Gasteiger partial charge is 0.229 e. The zero-order chi connectivity index (χ0) is 15.6. The summed E-state index contributed by atoms with van der Waals surface area (Å²) >= 11 is 1.40. The van der Waals surface area contributed by atoms with Crippen LogP contribution < -0.4 is 5.73 Å². The molecule has 0 aliphatic heterocycles. The second-order valence-electron chi connectivity index (χ2n) is 4.68. The van der Waals surface area contributed by atoms with Crippen molar-refractivity contribution in [2.75, 3.05) is 5.73 Å². The van der Waals surface area contributed by atoms with Gasteiger partial charge >= 0.3 is 0 Å². The summed E-state index contributed by atoms with van der Waals surface area (Å²) in [6.07, 6.45) is 3.38. The molecule has 0 fully saturated rings. The van der Waals surface area contributed by atoms with Gasteiger partial charge in [0.05, 0.1) is 5.69 Å². The Morgan fingerprint density at radius 2 is 1.87 bits per heavy atom. The van der Waals surface area contributed by atoms with Crippen molar-refractivity contribution >= 4 is 33.6 Å². The first kappa shape index (κ1) is 13.5. The average molecular weight is 321 g/mol. The molecule has 3 aromatic heterocycles. The first-order valence-corrected chi connectivity index (χ1v) is 7.71. The number of anilines is 1. The summed E-state index contributed by atoms with van der Waals surface area (Å²) in [7, 11) is 0. The Bertz CT molecular complexity index is 974. The molecule has 23 heavy (non-hydrogen) atoms. The fourth-order valence-corrected chi connectivity index (χ4v) is 2.68. The SMILES string of the molecule is Nc1nn2c(-c3ccccc3)ccnc2c1N=Nc1nccs1. The van der Waals surface area contributed by atoms with Crippen molar-refractivity contribution in [2.45, 2.75) is 0 Å². The number of hydrogen-bond donors (Lipinski definition) is 1. The van der Waals surface area contributed by atoms with Crippen LogP contribution in [-0.4, -0.2) is 19.6 Å². The van der Waals surface area contributed by atoms with E-state index in [2.05, 4.69) is 25.3 Å². The maximum Gasteiger partial charge on any atom is 0.229 e. The molecule has 0 bridgehead atoms. The zero-order valence-corrected chi connectivity index (χ0v) is 12.7. The third-order valence-electron chi connectivity index (χ3n) is 3.24. The monoisotopic (exact) mass is 321 g/mol. The minimum Gasteiger partial charge on any atom is -0.380 e. The van der Waals surface area contributed by atoms with Crippen molar-refractivity contribution < 1.29 is 0 Å². The number of nitrogens with two attached hydrogens (primary N) is 1. The maximum absolute atomic E-state index is 6.00. The van der Waals surface area contributed by atoms with E-state index in [-0.39, 0.29) is 5.82 Å². The van der Waals surface area contributed by atoms with E-state index in [4.69, 9.17) is 5.73 Å². The molecule has 0 aliphatic carbocycles. The minimum atomic E-state index is 0.279. The van der Waals surface area contributed by atoms with Gasteiger partial charge in [0.1, 0.15) is 0 Å². The standard InChI is InChI=1S/C15H11N7S/c16-13-12(19-20-15-18-8-9-23-15)14-17-7-6-11(22(14)21-13)10-4-2-1-3-5-10/h1-9H,(H2,16,21). The lowest BCUT2D eigenvalue weighted by atomic mass is 10.1.